The van der Waals surface area contributed by atoms with E-state index < -0.39 is 10.0 Å². The summed E-state index contributed by atoms with van der Waals surface area (Å²) >= 11 is 0. The first kappa shape index (κ1) is 21.1. The lowest BCUT2D eigenvalue weighted by Gasteiger charge is -2.29. The van der Waals surface area contributed by atoms with Crippen molar-refractivity contribution in [1.29, 1.82) is 0 Å². The fraction of sp³-hybridized carbons (Fsp3) is 0.333. The van der Waals surface area contributed by atoms with Gasteiger partial charge in [-0.1, -0.05) is 19.1 Å². The van der Waals surface area contributed by atoms with Gasteiger partial charge in [0.2, 0.25) is 15.9 Å². The first-order valence-electron chi connectivity index (χ1n) is 10.1. The molecule has 4 rings (SSSR count). The lowest BCUT2D eigenvalue weighted by atomic mass is 10.0. The maximum atomic E-state index is 12.8. The molecule has 0 saturated carbocycles. The first-order valence-corrected chi connectivity index (χ1v) is 11.6. The van der Waals surface area contributed by atoms with Gasteiger partial charge >= 0.3 is 0 Å². The lowest BCUT2D eigenvalue weighted by Crippen LogP contribution is -2.37. The minimum absolute atomic E-state index is 0.184. The van der Waals surface area contributed by atoms with Gasteiger partial charge in [-0.2, -0.15) is 4.31 Å². The van der Waals surface area contributed by atoms with Crippen LogP contribution >= 0.6 is 0 Å². The molecule has 0 bridgehead atoms. The van der Waals surface area contributed by atoms with Gasteiger partial charge in [-0.3, -0.25) is 4.79 Å². The summed E-state index contributed by atoms with van der Waals surface area (Å²) in [4.78, 5) is 12.6. The zero-order chi connectivity index (χ0) is 21.8. The molecule has 1 saturated heterocycles. The highest BCUT2D eigenvalue weighted by molar-refractivity contribution is 7.89. The van der Waals surface area contributed by atoms with E-state index in [9.17, 15) is 13.2 Å². The van der Waals surface area contributed by atoms with Crippen molar-refractivity contribution >= 4 is 21.6 Å². The van der Waals surface area contributed by atoms with Crippen LogP contribution < -0.4 is 5.32 Å². The van der Waals surface area contributed by atoms with E-state index in [0.717, 1.165) is 24.1 Å². The quantitative estimate of drug-likeness (QED) is 0.630. The van der Waals surface area contributed by atoms with Crippen molar-refractivity contribution in [3.63, 3.8) is 0 Å². The van der Waals surface area contributed by atoms with Crippen LogP contribution in [-0.4, -0.2) is 51.9 Å². The van der Waals surface area contributed by atoms with Crippen LogP contribution in [0.2, 0.25) is 0 Å². The van der Waals surface area contributed by atoms with E-state index in [1.54, 1.807) is 28.6 Å². The van der Waals surface area contributed by atoms with E-state index in [1.807, 2.05) is 24.3 Å². The summed E-state index contributed by atoms with van der Waals surface area (Å²) in [6, 6.07) is 13.7. The smallest absolute Gasteiger partial charge is 0.243 e. The fourth-order valence-corrected chi connectivity index (χ4v) is 4.99. The Labute approximate surface area is 181 Å². The topological polar surface area (TPSA) is 110 Å². The number of nitrogens with zero attached hydrogens (tertiary/aromatic N) is 5. The zero-order valence-electron chi connectivity index (χ0n) is 17.2. The Kier molecular flexibility index (Phi) is 6.10. The Bertz CT molecular complexity index is 1120. The zero-order valence-corrected chi connectivity index (χ0v) is 18.0. The number of carbonyl (C=O) groups excluding carboxylic acids is 1. The number of rotatable bonds is 6. The van der Waals surface area contributed by atoms with Crippen LogP contribution in [0.1, 0.15) is 25.3 Å². The van der Waals surface area contributed by atoms with Gasteiger partial charge in [0.25, 0.3) is 0 Å². The van der Waals surface area contributed by atoms with E-state index in [2.05, 4.69) is 27.8 Å². The number of benzene rings is 2. The van der Waals surface area contributed by atoms with Crippen molar-refractivity contribution in [3.8, 4) is 5.69 Å². The molecule has 0 unspecified atom stereocenters. The van der Waals surface area contributed by atoms with Gasteiger partial charge in [-0.05, 0) is 71.1 Å². The van der Waals surface area contributed by atoms with Gasteiger partial charge in [-0.15, -0.1) is 5.10 Å². The monoisotopic (exact) mass is 440 g/mol. The normalized spacial score (nSPS) is 15.6. The standard InChI is InChI=1S/C21H24N6O3S/c1-16-10-12-26(13-11-16)31(29,30)20-8-4-18(5-9-20)23-21(28)14-17-2-6-19(7-3-17)27-15-22-24-25-27/h2-9,15-16H,10-14H2,1H3,(H,23,28). The predicted molar refractivity (Wildman–Crippen MR) is 115 cm³/mol. The summed E-state index contributed by atoms with van der Waals surface area (Å²) in [5.41, 5.74) is 2.20. The highest BCUT2D eigenvalue weighted by Gasteiger charge is 2.27. The van der Waals surface area contributed by atoms with Crippen molar-refractivity contribution in [2.24, 2.45) is 5.92 Å². The maximum Gasteiger partial charge on any atom is 0.243 e. The summed E-state index contributed by atoms with van der Waals surface area (Å²) in [6.07, 6.45) is 3.45. The molecule has 2 aromatic carbocycles. The van der Waals surface area contributed by atoms with E-state index in [1.165, 1.54) is 11.0 Å². The minimum Gasteiger partial charge on any atom is -0.326 e. The Morgan fingerprint density at radius 2 is 1.74 bits per heavy atom. The number of aromatic nitrogens is 4. The Balaban J connectivity index is 1.36. The number of piperidine rings is 1. The second-order valence-electron chi connectivity index (χ2n) is 7.76. The average molecular weight is 441 g/mol. The summed E-state index contributed by atoms with van der Waals surface area (Å²) in [5.74, 6) is 0.371. The third-order valence-electron chi connectivity index (χ3n) is 5.43. The molecule has 31 heavy (non-hydrogen) atoms. The molecule has 0 spiro atoms. The van der Waals surface area contributed by atoms with E-state index in [4.69, 9.17) is 0 Å². The van der Waals surface area contributed by atoms with Crippen LogP contribution in [0.5, 0.6) is 0 Å². The van der Waals surface area contributed by atoms with Gasteiger partial charge in [-0.25, -0.2) is 13.1 Å². The number of carbonyl (C=O) groups is 1. The first-order chi connectivity index (χ1) is 14.9. The van der Waals surface area contributed by atoms with Crippen molar-refractivity contribution in [2.75, 3.05) is 18.4 Å². The number of nitrogens with one attached hydrogen (secondary N) is 1. The minimum atomic E-state index is -3.50. The molecular formula is C21H24N6O3S. The molecule has 0 aliphatic carbocycles. The predicted octanol–water partition coefficient (Wildman–Crippen LogP) is 2.26. The Morgan fingerprint density at radius 3 is 2.35 bits per heavy atom. The number of tetrazole rings is 1. The number of hydrogen-bond acceptors (Lipinski definition) is 6. The van der Waals surface area contributed by atoms with Crippen molar-refractivity contribution in [3.05, 3.63) is 60.4 Å². The lowest BCUT2D eigenvalue weighted by molar-refractivity contribution is -0.115. The molecule has 1 aliphatic rings. The summed E-state index contributed by atoms with van der Waals surface area (Å²) in [5, 5.41) is 13.8. The molecule has 9 nitrogen and oxygen atoms in total. The van der Waals surface area contributed by atoms with Gasteiger partial charge in [0.1, 0.15) is 6.33 Å². The van der Waals surface area contributed by atoms with Crippen LogP contribution in [0, 0.1) is 5.92 Å². The Hall–Kier alpha value is -3.11. The van der Waals surface area contributed by atoms with Crippen LogP contribution in [0.15, 0.2) is 59.8 Å². The fourth-order valence-electron chi connectivity index (χ4n) is 3.52. The highest BCUT2D eigenvalue weighted by atomic mass is 32.2. The number of amides is 1. The molecule has 0 atom stereocenters. The molecule has 1 N–H and O–H groups in total. The third kappa shape index (κ3) is 4.97. The molecule has 2 heterocycles. The molecular weight excluding hydrogens is 416 g/mol. The summed E-state index contributed by atoms with van der Waals surface area (Å²) < 4.78 is 28.7. The maximum absolute atomic E-state index is 12.8. The Morgan fingerprint density at radius 1 is 1.06 bits per heavy atom. The number of sulfonamides is 1. The largest absolute Gasteiger partial charge is 0.326 e. The molecule has 3 aromatic rings. The molecule has 1 amide bonds. The van der Waals surface area contributed by atoms with E-state index in [-0.39, 0.29) is 17.2 Å². The van der Waals surface area contributed by atoms with Crippen LogP contribution in [-0.2, 0) is 21.2 Å². The number of anilines is 1. The molecule has 10 heteroatoms. The average Bonchev–Trinajstić information content (AvgIpc) is 3.30. The van der Waals surface area contributed by atoms with Crippen molar-refractivity contribution in [2.45, 2.75) is 31.1 Å². The van der Waals surface area contributed by atoms with Crippen LogP contribution in [0.25, 0.3) is 5.69 Å². The molecule has 0 radical (unpaired) electrons. The van der Waals surface area contributed by atoms with Crippen molar-refractivity contribution in [1.82, 2.24) is 24.5 Å². The SMILES string of the molecule is CC1CCN(S(=O)(=O)c2ccc(NC(=O)Cc3ccc(-n4cnnn4)cc3)cc2)CC1. The molecule has 1 fully saturated rings. The molecule has 1 aliphatic heterocycles. The number of hydrogen-bond donors (Lipinski definition) is 1. The molecule has 162 valence electrons. The van der Waals surface area contributed by atoms with Crippen LogP contribution in [0.3, 0.4) is 0 Å². The third-order valence-corrected chi connectivity index (χ3v) is 7.35. The molecule has 1 aromatic heterocycles. The second-order valence-corrected chi connectivity index (χ2v) is 9.69. The van der Waals surface area contributed by atoms with Gasteiger partial charge in [0, 0.05) is 18.8 Å². The van der Waals surface area contributed by atoms with E-state index in [0.29, 0.717) is 24.7 Å². The van der Waals surface area contributed by atoms with Gasteiger partial charge in [0.15, 0.2) is 0 Å². The van der Waals surface area contributed by atoms with Crippen LogP contribution in [0.4, 0.5) is 5.69 Å². The second kappa shape index (κ2) is 8.94. The summed E-state index contributed by atoms with van der Waals surface area (Å²) in [6.45, 7) is 3.24. The van der Waals surface area contributed by atoms with Crippen molar-refractivity contribution < 1.29 is 13.2 Å². The summed E-state index contributed by atoms with van der Waals surface area (Å²) in [7, 11) is -3.50. The van der Waals surface area contributed by atoms with Gasteiger partial charge in [0.05, 0.1) is 17.0 Å². The van der Waals surface area contributed by atoms with Gasteiger partial charge < -0.3 is 5.32 Å². The highest BCUT2D eigenvalue weighted by Crippen LogP contribution is 2.24. The van der Waals surface area contributed by atoms with E-state index >= 15 is 0 Å².